The van der Waals surface area contributed by atoms with Gasteiger partial charge in [-0.25, -0.2) is 0 Å². The van der Waals surface area contributed by atoms with Crippen LogP contribution in [0.15, 0.2) is 11.1 Å². The molecule has 0 bridgehead atoms. The lowest BCUT2D eigenvalue weighted by molar-refractivity contribution is 0.159. The SMILES string of the molecule is CC(C)=C(C)[C@H](O)C(C)C. The third kappa shape index (κ3) is 2.53. The predicted octanol–water partition coefficient (Wildman–Crippen LogP) is 2.36. The zero-order valence-electron chi connectivity index (χ0n) is 7.60. The number of allylic oxidation sites excluding steroid dienone is 1. The van der Waals surface area contributed by atoms with Gasteiger partial charge in [0.05, 0.1) is 6.10 Å². The molecule has 0 unspecified atom stereocenters. The highest BCUT2D eigenvalue weighted by atomic mass is 16.3. The number of hydrogen-bond donors (Lipinski definition) is 1. The van der Waals surface area contributed by atoms with Crippen LogP contribution in [-0.4, -0.2) is 11.2 Å². The van der Waals surface area contributed by atoms with Crippen LogP contribution in [0.2, 0.25) is 0 Å². The maximum absolute atomic E-state index is 9.51. The molecule has 1 atom stereocenters. The molecule has 0 heterocycles. The average Bonchev–Trinajstić information content (AvgIpc) is 1.84. The molecule has 1 nitrogen and oxygen atoms in total. The van der Waals surface area contributed by atoms with Gasteiger partial charge in [0.1, 0.15) is 0 Å². The average molecular weight is 142 g/mol. The molecule has 0 fully saturated rings. The van der Waals surface area contributed by atoms with Gasteiger partial charge in [0, 0.05) is 0 Å². The smallest absolute Gasteiger partial charge is 0.0772 e. The first-order valence-corrected chi connectivity index (χ1v) is 3.78. The minimum atomic E-state index is -0.259. The highest BCUT2D eigenvalue weighted by Gasteiger charge is 2.11. The molecule has 0 spiro atoms. The second-order valence-electron chi connectivity index (χ2n) is 3.37. The molecule has 0 aliphatic heterocycles. The molecule has 0 aliphatic carbocycles. The first kappa shape index (κ1) is 9.70. The largest absolute Gasteiger partial charge is 0.388 e. The zero-order valence-corrected chi connectivity index (χ0v) is 7.60. The molecule has 1 heteroatoms. The van der Waals surface area contributed by atoms with E-state index in [9.17, 15) is 5.11 Å². The summed E-state index contributed by atoms with van der Waals surface area (Å²) in [5.74, 6) is 0.329. The van der Waals surface area contributed by atoms with Gasteiger partial charge >= 0.3 is 0 Å². The summed E-state index contributed by atoms with van der Waals surface area (Å²) in [6.45, 7) is 10.1. The van der Waals surface area contributed by atoms with Crippen LogP contribution in [0.5, 0.6) is 0 Å². The number of aliphatic hydroxyl groups is 1. The van der Waals surface area contributed by atoms with E-state index in [0.29, 0.717) is 5.92 Å². The second kappa shape index (κ2) is 3.77. The van der Waals surface area contributed by atoms with E-state index in [1.165, 1.54) is 5.57 Å². The lowest BCUT2D eigenvalue weighted by Gasteiger charge is -2.16. The maximum atomic E-state index is 9.51. The number of rotatable bonds is 2. The van der Waals surface area contributed by atoms with Crippen molar-refractivity contribution in [2.24, 2.45) is 5.92 Å². The second-order valence-corrected chi connectivity index (χ2v) is 3.37. The van der Waals surface area contributed by atoms with E-state index in [2.05, 4.69) is 0 Å². The van der Waals surface area contributed by atoms with Crippen LogP contribution < -0.4 is 0 Å². The first-order chi connectivity index (χ1) is 4.46. The Bertz CT molecular complexity index is 130. The third-order valence-electron chi connectivity index (χ3n) is 1.86. The van der Waals surface area contributed by atoms with Crippen molar-refractivity contribution in [2.45, 2.75) is 40.7 Å². The molecule has 0 aromatic heterocycles. The van der Waals surface area contributed by atoms with Crippen LogP contribution in [0.3, 0.4) is 0 Å². The van der Waals surface area contributed by atoms with E-state index < -0.39 is 0 Å². The van der Waals surface area contributed by atoms with E-state index in [1.807, 2.05) is 34.6 Å². The van der Waals surface area contributed by atoms with Gasteiger partial charge in [0.25, 0.3) is 0 Å². The summed E-state index contributed by atoms with van der Waals surface area (Å²) in [6.07, 6.45) is -0.259. The topological polar surface area (TPSA) is 20.2 Å². The van der Waals surface area contributed by atoms with E-state index in [4.69, 9.17) is 0 Å². The lowest BCUT2D eigenvalue weighted by atomic mass is 9.97. The number of aliphatic hydroxyl groups excluding tert-OH is 1. The Morgan fingerprint density at radius 3 is 1.60 bits per heavy atom. The van der Waals surface area contributed by atoms with Crippen molar-refractivity contribution in [1.82, 2.24) is 0 Å². The molecular formula is C9H18O. The van der Waals surface area contributed by atoms with Gasteiger partial charge in [0.15, 0.2) is 0 Å². The van der Waals surface area contributed by atoms with Crippen molar-refractivity contribution < 1.29 is 5.11 Å². The van der Waals surface area contributed by atoms with Gasteiger partial charge < -0.3 is 5.11 Å². The standard InChI is InChI=1S/C9H18O/c1-6(2)8(5)9(10)7(3)4/h7,9-10H,1-5H3/t9-/m1/s1. The molecule has 0 saturated carbocycles. The summed E-state index contributed by atoms with van der Waals surface area (Å²) >= 11 is 0. The highest BCUT2D eigenvalue weighted by molar-refractivity contribution is 5.12. The van der Waals surface area contributed by atoms with Crippen LogP contribution in [0, 0.1) is 5.92 Å². The minimum Gasteiger partial charge on any atom is -0.388 e. The molecule has 60 valence electrons. The Morgan fingerprint density at radius 1 is 1.10 bits per heavy atom. The summed E-state index contributed by atoms with van der Waals surface area (Å²) in [4.78, 5) is 0. The molecule has 0 aromatic carbocycles. The molecular weight excluding hydrogens is 124 g/mol. The highest BCUT2D eigenvalue weighted by Crippen LogP contribution is 2.14. The van der Waals surface area contributed by atoms with E-state index >= 15 is 0 Å². The van der Waals surface area contributed by atoms with E-state index in [-0.39, 0.29) is 6.10 Å². The summed E-state index contributed by atoms with van der Waals surface area (Å²) < 4.78 is 0. The van der Waals surface area contributed by atoms with Crippen LogP contribution in [0.4, 0.5) is 0 Å². The Labute approximate surface area is 63.8 Å². The number of hydrogen-bond acceptors (Lipinski definition) is 1. The third-order valence-corrected chi connectivity index (χ3v) is 1.86. The molecule has 1 N–H and O–H groups in total. The maximum Gasteiger partial charge on any atom is 0.0772 e. The van der Waals surface area contributed by atoms with Crippen molar-refractivity contribution in [3.05, 3.63) is 11.1 Å². The van der Waals surface area contributed by atoms with Crippen molar-refractivity contribution in [2.75, 3.05) is 0 Å². The van der Waals surface area contributed by atoms with Crippen LogP contribution in [-0.2, 0) is 0 Å². The Morgan fingerprint density at radius 2 is 1.50 bits per heavy atom. The van der Waals surface area contributed by atoms with E-state index in [1.54, 1.807) is 0 Å². The van der Waals surface area contributed by atoms with Crippen LogP contribution in [0.1, 0.15) is 34.6 Å². The Hall–Kier alpha value is -0.300. The van der Waals surface area contributed by atoms with Crippen molar-refractivity contribution >= 4 is 0 Å². The first-order valence-electron chi connectivity index (χ1n) is 3.78. The molecule has 0 rings (SSSR count). The van der Waals surface area contributed by atoms with Gasteiger partial charge in [-0.1, -0.05) is 19.4 Å². The fourth-order valence-corrected chi connectivity index (χ4v) is 0.796. The summed E-state index contributed by atoms with van der Waals surface area (Å²) in [5, 5.41) is 9.51. The minimum absolute atomic E-state index is 0.259. The zero-order chi connectivity index (χ0) is 8.31. The Balaban J connectivity index is 4.22. The van der Waals surface area contributed by atoms with Crippen LogP contribution in [0.25, 0.3) is 0 Å². The molecule has 0 aromatic rings. The molecule has 0 radical (unpaired) electrons. The van der Waals surface area contributed by atoms with Crippen molar-refractivity contribution in [3.63, 3.8) is 0 Å². The van der Waals surface area contributed by atoms with Gasteiger partial charge in [-0.2, -0.15) is 0 Å². The predicted molar refractivity (Wildman–Crippen MR) is 44.9 cm³/mol. The summed E-state index contributed by atoms with van der Waals surface area (Å²) in [6, 6.07) is 0. The van der Waals surface area contributed by atoms with E-state index in [0.717, 1.165) is 5.57 Å². The van der Waals surface area contributed by atoms with Gasteiger partial charge in [-0.3, -0.25) is 0 Å². The molecule has 0 amide bonds. The van der Waals surface area contributed by atoms with Gasteiger partial charge in [-0.05, 0) is 32.3 Å². The Kier molecular flexibility index (Phi) is 3.66. The molecule has 0 aliphatic rings. The molecule has 10 heavy (non-hydrogen) atoms. The quantitative estimate of drug-likeness (QED) is 0.587. The van der Waals surface area contributed by atoms with Gasteiger partial charge in [-0.15, -0.1) is 0 Å². The van der Waals surface area contributed by atoms with Gasteiger partial charge in [0.2, 0.25) is 0 Å². The monoisotopic (exact) mass is 142 g/mol. The summed E-state index contributed by atoms with van der Waals surface area (Å²) in [7, 11) is 0. The summed E-state index contributed by atoms with van der Waals surface area (Å²) in [5.41, 5.74) is 2.33. The fourth-order valence-electron chi connectivity index (χ4n) is 0.796. The van der Waals surface area contributed by atoms with Crippen LogP contribution >= 0.6 is 0 Å². The fraction of sp³-hybridized carbons (Fsp3) is 0.778. The molecule has 0 saturated heterocycles. The lowest BCUT2D eigenvalue weighted by Crippen LogP contribution is -2.16. The van der Waals surface area contributed by atoms with Crippen molar-refractivity contribution in [3.8, 4) is 0 Å². The normalized spacial score (nSPS) is 13.5. The van der Waals surface area contributed by atoms with Crippen molar-refractivity contribution in [1.29, 1.82) is 0 Å².